The third-order valence-corrected chi connectivity index (χ3v) is 2.93. The van der Waals surface area contributed by atoms with E-state index in [0.717, 1.165) is 39.0 Å². The lowest BCUT2D eigenvalue weighted by molar-refractivity contribution is 0.155. The van der Waals surface area contributed by atoms with Crippen LogP contribution in [-0.2, 0) is 0 Å². The second-order valence-electron chi connectivity index (χ2n) is 4.07. The number of H-pyrrole nitrogens is 1. The van der Waals surface area contributed by atoms with E-state index in [4.69, 9.17) is 0 Å². The molecule has 2 rings (SSSR count). The quantitative estimate of drug-likeness (QED) is 0.762. The third-order valence-electron chi connectivity index (χ3n) is 2.93. The zero-order chi connectivity index (χ0) is 11.4. The first-order valence-corrected chi connectivity index (χ1v) is 5.82. The van der Waals surface area contributed by atoms with Gasteiger partial charge in [-0.2, -0.15) is 0 Å². The fraction of sp³-hybridized carbons (Fsp3) is 0.800. The standard InChI is InChI=1S/C10H18N4O2/c1-2-3-8(9-12-10(15)16-13-9)14-6-4-11-5-7-14/h8,11H,2-7H2,1H3,(H,12,13,15). The van der Waals surface area contributed by atoms with Gasteiger partial charge in [0.05, 0.1) is 6.04 Å². The number of aromatic amines is 1. The average Bonchev–Trinajstić information content (AvgIpc) is 2.74. The topological polar surface area (TPSA) is 74.2 Å². The van der Waals surface area contributed by atoms with Gasteiger partial charge in [0, 0.05) is 26.2 Å². The van der Waals surface area contributed by atoms with Gasteiger partial charge in [-0.15, -0.1) is 0 Å². The monoisotopic (exact) mass is 226 g/mol. The summed E-state index contributed by atoms with van der Waals surface area (Å²) in [7, 11) is 0. The molecule has 16 heavy (non-hydrogen) atoms. The minimum atomic E-state index is -0.466. The molecule has 6 nitrogen and oxygen atoms in total. The highest BCUT2D eigenvalue weighted by Crippen LogP contribution is 2.22. The van der Waals surface area contributed by atoms with E-state index in [2.05, 4.69) is 31.8 Å². The first-order valence-electron chi connectivity index (χ1n) is 5.82. The van der Waals surface area contributed by atoms with Gasteiger partial charge in [-0.25, -0.2) is 4.79 Å². The Kier molecular flexibility index (Phi) is 3.74. The van der Waals surface area contributed by atoms with Crippen LogP contribution >= 0.6 is 0 Å². The lowest BCUT2D eigenvalue weighted by Crippen LogP contribution is -2.45. The van der Waals surface area contributed by atoms with Crippen molar-refractivity contribution in [2.75, 3.05) is 26.2 Å². The second-order valence-corrected chi connectivity index (χ2v) is 4.07. The molecule has 0 bridgehead atoms. The van der Waals surface area contributed by atoms with Gasteiger partial charge < -0.3 is 5.32 Å². The smallest absolute Gasteiger partial charge is 0.314 e. The molecule has 2 N–H and O–H groups in total. The Morgan fingerprint density at radius 1 is 1.50 bits per heavy atom. The zero-order valence-corrected chi connectivity index (χ0v) is 9.53. The number of nitrogens with zero attached hydrogens (tertiary/aromatic N) is 2. The summed E-state index contributed by atoms with van der Waals surface area (Å²) < 4.78 is 4.58. The van der Waals surface area contributed by atoms with Gasteiger partial charge in [0.25, 0.3) is 0 Å². The number of nitrogens with one attached hydrogen (secondary N) is 2. The fourth-order valence-corrected chi connectivity index (χ4v) is 2.14. The number of hydrogen-bond acceptors (Lipinski definition) is 5. The Hall–Kier alpha value is -1.14. The van der Waals surface area contributed by atoms with Crippen molar-refractivity contribution in [2.24, 2.45) is 0 Å². The van der Waals surface area contributed by atoms with Crippen molar-refractivity contribution in [3.8, 4) is 0 Å². The summed E-state index contributed by atoms with van der Waals surface area (Å²) in [6, 6.07) is 0.179. The van der Waals surface area contributed by atoms with Gasteiger partial charge in [-0.05, 0) is 6.42 Å². The normalized spacial score (nSPS) is 19.8. The lowest BCUT2D eigenvalue weighted by atomic mass is 10.1. The van der Waals surface area contributed by atoms with Crippen LogP contribution in [0.15, 0.2) is 9.32 Å². The van der Waals surface area contributed by atoms with Crippen LogP contribution in [0.4, 0.5) is 0 Å². The Morgan fingerprint density at radius 3 is 2.81 bits per heavy atom. The Morgan fingerprint density at radius 2 is 2.25 bits per heavy atom. The van der Waals surface area contributed by atoms with Crippen molar-refractivity contribution in [3.63, 3.8) is 0 Å². The van der Waals surface area contributed by atoms with Crippen molar-refractivity contribution in [2.45, 2.75) is 25.8 Å². The molecule has 6 heteroatoms. The molecular formula is C10H18N4O2. The fourth-order valence-electron chi connectivity index (χ4n) is 2.14. The zero-order valence-electron chi connectivity index (χ0n) is 9.53. The van der Waals surface area contributed by atoms with Crippen LogP contribution in [0.1, 0.15) is 31.6 Å². The van der Waals surface area contributed by atoms with Crippen molar-refractivity contribution >= 4 is 0 Å². The first kappa shape index (κ1) is 11.3. The maximum absolute atomic E-state index is 11.0. The summed E-state index contributed by atoms with van der Waals surface area (Å²) in [6.45, 7) is 6.08. The molecule has 0 aromatic carbocycles. The Bertz CT molecular complexity index is 367. The number of rotatable bonds is 4. The summed E-state index contributed by atoms with van der Waals surface area (Å²) in [5.41, 5.74) is 0. The van der Waals surface area contributed by atoms with E-state index in [1.807, 2.05) is 0 Å². The number of piperazine rings is 1. The van der Waals surface area contributed by atoms with Gasteiger partial charge >= 0.3 is 5.76 Å². The van der Waals surface area contributed by atoms with Gasteiger partial charge in [0.1, 0.15) is 0 Å². The van der Waals surface area contributed by atoms with Gasteiger partial charge in [-0.3, -0.25) is 14.4 Å². The molecule has 1 saturated heterocycles. The molecule has 1 unspecified atom stereocenters. The van der Waals surface area contributed by atoms with Crippen LogP contribution in [0.3, 0.4) is 0 Å². The molecule has 90 valence electrons. The Balaban J connectivity index is 2.12. The van der Waals surface area contributed by atoms with E-state index in [-0.39, 0.29) is 6.04 Å². The molecule has 1 fully saturated rings. The maximum Gasteiger partial charge on any atom is 0.438 e. The van der Waals surface area contributed by atoms with Crippen LogP contribution < -0.4 is 11.1 Å². The minimum absolute atomic E-state index is 0.179. The van der Waals surface area contributed by atoms with E-state index < -0.39 is 5.76 Å². The molecule has 0 radical (unpaired) electrons. The van der Waals surface area contributed by atoms with E-state index in [0.29, 0.717) is 5.82 Å². The molecule has 1 aromatic heterocycles. The van der Waals surface area contributed by atoms with E-state index in [9.17, 15) is 4.79 Å². The number of hydrogen-bond donors (Lipinski definition) is 2. The first-order chi connectivity index (χ1) is 7.81. The average molecular weight is 226 g/mol. The molecule has 0 saturated carbocycles. The molecule has 1 aliphatic heterocycles. The van der Waals surface area contributed by atoms with Crippen molar-refractivity contribution in [1.29, 1.82) is 0 Å². The Labute approximate surface area is 94.0 Å². The summed E-state index contributed by atoms with van der Waals surface area (Å²) in [5.74, 6) is 0.194. The highest BCUT2D eigenvalue weighted by atomic mass is 16.5. The van der Waals surface area contributed by atoms with Crippen molar-refractivity contribution in [1.82, 2.24) is 20.4 Å². The molecular weight excluding hydrogens is 208 g/mol. The summed E-state index contributed by atoms with van der Waals surface area (Å²) in [4.78, 5) is 16.0. The molecule has 1 atom stereocenters. The SMILES string of the molecule is CCCC(c1noc(=O)[nH]1)N1CCNCC1. The second kappa shape index (κ2) is 5.27. The minimum Gasteiger partial charge on any atom is -0.314 e. The largest absolute Gasteiger partial charge is 0.438 e. The van der Waals surface area contributed by atoms with Crippen LogP contribution in [0.25, 0.3) is 0 Å². The van der Waals surface area contributed by atoms with Gasteiger partial charge in [-0.1, -0.05) is 18.5 Å². The van der Waals surface area contributed by atoms with Crippen LogP contribution in [0.2, 0.25) is 0 Å². The predicted molar refractivity (Wildman–Crippen MR) is 59.2 cm³/mol. The molecule has 0 aliphatic carbocycles. The summed E-state index contributed by atoms with van der Waals surface area (Å²) >= 11 is 0. The van der Waals surface area contributed by atoms with E-state index >= 15 is 0 Å². The van der Waals surface area contributed by atoms with Crippen molar-refractivity contribution in [3.05, 3.63) is 16.4 Å². The molecule has 0 amide bonds. The van der Waals surface area contributed by atoms with E-state index in [1.165, 1.54) is 0 Å². The van der Waals surface area contributed by atoms with Crippen LogP contribution in [-0.4, -0.2) is 41.2 Å². The molecule has 2 heterocycles. The highest BCUT2D eigenvalue weighted by Gasteiger charge is 2.24. The van der Waals surface area contributed by atoms with Crippen LogP contribution in [0.5, 0.6) is 0 Å². The third kappa shape index (κ3) is 2.51. The molecule has 1 aliphatic rings. The number of aromatic nitrogens is 2. The van der Waals surface area contributed by atoms with Gasteiger partial charge in [0.15, 0.2) is 5.82 Å². The van der Waals surface area contributed by atoms with Crippen LogP contribution in [0, 0.1) is 0 Å². The van der Waals surface area contributed by atoms with E-state index in [1.54, 1.807) is 0 Å². The molecule has 0 spiro atoms. The maximum atomic E-state index is 11.0. The molecule has 1 aromatic rings. The summed E-state index contributed by atoms with van der Waals surface area (Å²) in [6.07, 6.45) is 2.05. The predicted octanol–water partition coefficient (Wildman–Crippen LogP) is 0.109. The summed E-state index contributed by atoms with van der Waals surface area (Å²) in [5, 5.41) is 7.12. The lowest BCUT2D eigenvalue weighted by Gasteiger charge is -2.33. The van der Waals surface area contributed by atoms with Gasteiger partial charge in [0.2, 0.25) is 0 Å². The highest BCUT2D eigenvalue weighted by molar-refractivity contribution is 4.92. The van der Waals surface area contributed by atoms with Crippen molar-refractivity contribution < 1.29 is 4.52 Å².